The molecule has 0 saturated heterocycles. The summed E-state index contributed by atoms with van der Waals surface area (Å²) in [7, 11) is -5.51. The first kappa shape index (κ1) is 20.5. The van der Waals surface area contributed by atoms with Gasteiger partial charge in [-0.05, 0) is 44.2 Å². The summed E-state index contributed by atoms with van der Waals surface area (Å²) in [5.41, 5.74) is -4.40. The van der Waals surface area contributed by atoms with Gasteiger partial charge in [0.25, 0.3) is 0 Å². The molecule has 0 bridgehead atoms. The quantitative estimate of drug-likeness (QED) is 0.569. The number of alkyl halides is 3. The number of anilines is 1. The Morgan fingerprint density at radius 1 is 1.27 bits per heavy atom. The average molecular weight is 392 g/mol. The average Bonchev–Trinajstić information content (AvgIpc) is 2.54. The molecule has 1 aromatic rings. The lowest BCUT2D eigenvalue weighted by Gasteiger charge is -2.20. The van der Waals surface area contributed by atoms with Gasteiger partial charge in [-0.1, -0.05) is 36.6 Å². The van der Waals surface area contributed by atoms with Gasteiger partial charge in [-0.3, -0.25) is 4.72 Å². The molecule has 0 unspecified atom stereocenters. The van der Waals surface area contributed by atoms with Crippen molar-refractivity contribution in [2.75, 3.05) is 11.3 Å². The van der Waals surface area contributed by atoms with Crippen molar-refractivity contribution in [2.24, 2.45) is 11.1 Å². The highest BCUT2D eigenvalue weighted by molar-refractivity contribution is 7.93. The van der Waals surface area contributed by atoms with Crippen molar-refractivity contribution in [1.29, 1.82) is 0 Å². The zero-order valence-corrected chi connectivity index (χ0v) is 15.6. The van der Waals surface area contributed by atoms with Crippen molar-refractivity contribution in [3.63, 3.8) is 0 Å². The van der Waals surface area contributed by atoms with Crippen LogP contribution in [0, 0.1) is 12.8 Å². The third kappa shape index (κ3) is 5.36. The lowest BCUT2D eigenvalue weighted by atomic mass is 9.90. The number of sulfonamides is 1. The van der Waals surface area contributed by atoms with Crippen LogP contribution >= 0.6 is 0 Å². The Morgan fingerprint density at radius 2 is 1.92 bits per heavy atom. The number of nitrogens with one attached hydrogen (secondary N) is 1. The minimum absolute atomic E-state index is 0.176. The van der Waals surface area contributed by atoms with Crippen LogP contribution < -0.4 is 4.72 Å². The van der Waals surface area contributed by atoms with E-state index in [4.69, 9.17) is 4.84 Å². The first-order valence-electron chi connectivity index (χ1n) is 8.47. The highest BCUT2D eigenvalue weighted by Crippen LogP contribution is 2.28. The SMILES string of the molecule is C/C(=N\OCC1CCCCC1)c1ccc(C)cc1NS(=O)(=O)C(F)(F)F. The summed E-state index contributed by atoms with van der Waals surface area (Å²) >= 11 is 0. The zero-order chi connectivity index (χ0) is 19.4. The molecule has 2 rings (SSSR count). The van der Waals surface area contributed by atoms with Crippen LogP contribution in [0.5, 0.6) is 0 Å². The van der Waals surface area contributed by atoms with E-state index in [1.807, 2.05) is 0 Å². The van der Waals surface area contributed by atoms with Gasteiger partial charge in [-0.2, -0.15) is 21.6 Å². The van der Waals surface area contributed by atoms with Gasteiger partial charge in [-0.25, -0.2) is 0 Å². The van der Waals surface area contributed by atoms with Crippen LogP contribution in [0.3, 0.4) is 0 Å². The molecule has 1 aliphatic rings. The van der Waals surface area contributed by atoms with Gasteiger partial charge >= 0.3 is 15.5 Å². The highest BCUT2D eigenvalue weighted by atomic mass is 32.2. The molecule has 0 radical (unpaired) electrons. The summed E-state index contributed by atoms with van der Waals surface area (Å²) in [5.74, 6) is 0.432. The monoisotopic (exact) mass is 392 g/mol. The van der Waals surface area contributed by atoms with Crippen LogP contribution in [0.4, 0.5) is 18.9 Å². The topological polar surface area (TPSA) is 67.8 Å². The molecule has 5 nitrogen and oxygen atoms in total. The Hall–Kier alpha value is -1.77. The van der Waals surface area contributed by atoms with Crippen molar-refractivity contribution in [1.82, 2.24) is 0 Å². The zero-order valence-electron chi connectivity index (χ0n) is 14.8. The largest absolute Gasteiger partial charge is 0.516 e. The molecule has 0 aliphatic heterocycles. The predicted molar refractivity (Wildman–Crippen MR) is 94.5 cm³/mol. The Balaban J connectivity index is 2.16. The van der Waals surface area contributed by atoms with Crippen LogP contribution in [0.25, 0.3) is 0 Å². The number of nitrogens with zero attached hydrogens (tertiary/aromatic N) is 1. The summed E-state index contributed by atoms with van der Waals surface area (Å²) < 4.78 is 62.4. The van der Waals surface area contributed by atoms with Gasteiger partial charge in [0, 0.05) is 5.56 Å². The van der Waals surface area contributed by atoms with Gasteiger partial charge < -0.3 is 4.84 Å². The normalized spacial score (nSPS) is 17.2. The molecule has 0 heterocycles. The highest BCUT2D eigenvalue weighted by Gasteiger charge is 2.46. The minimum Gasteiger partial charge on any atom is -0.395 e. The second kappa shape index (κ2) is 8.28. The van der Waals surface area contributed by atoms with E-state index in [0.717, 1.165) is 25.7 Å². The first-order chi connectivity index (χ1) is 12.1. The summed E-state index contributed by atoms with van der Waals surface area (Å²) in [6.07, 6.45) is 5.71. The van der Waals surface area contributed by atoms with Crippen LogP contribution in [-0.2, 0) is 14.9 Å². The second-order valence-electron chi connectivity index (χ2n) is 6.58. The second-order valence-corrected chi connectivity index (χ2v) is 8.25. The van der Waals surface area contributed by atoms with E-state index >= 15 is 0 Å². The van der Waals surface area contributed by atoms with Crippen molar-refractivity contribution in [2.45, 2.75) is 51.5 Å². The fraction of sp³-hybridized carbons (Fsp3) is 0.588. The lowest BCUT2D eigenvalue weighted by molar-refractivity contribution is -0.0429. The Labute approximate surface area is 151 Å². The first-order valence-corrected chi connectivity index (χ1v) is 9.95. The smallest absolute Gasteiger partial charge is 0.395 e. The molecule has 0 aromatic heterocycles. The molecule has 0 atom stereocenters. The summed E-state index contributed by atoms with van der Waals surface area (Å²) in [6, 6.07) is 4.52. The summed E-state index contributed by atoms with van der Waals surface area (Å²) in [5, 5.41) is 3.97. The standard InChI is InChI=1S/C17H23F3N2O3S/c1-12-8-9-15(16(10-12)22-26(23,24)17(18,19)20)13(2)21-25-11-14-6-4-3-5-7-14/h8-10,14,22H,3-7,11H2,1-2H3/b21-13+. The molecular weight excluding hydrogens is 369 g/mol. The number of hydrogen-bond donors (Lipinski definition) is 1. The van der Waals surface area contributed by atoms with Crippen LogP contribution in [0.1, 0.15) is 50.2 Å². The summed E-state index contributed by atoms with van der Waals surface area (Å²) in [4.78, 5) is 5.36. The number of hydrogen-bond acceptors (Lipinski definition) is 4. The number of aryl methyl sites for hydroxylation is 1. The predicted octanol–water partition coefficient (Wildman–Crippen LogP) is 4.58. The van der Waals surface area contributed by atoms with Gasteiger partial charge in [-0.15, -0.1) is 0 Å². The van der Waals surface area contributed by atoms with E-state index in [9.17, 15) is 21.6 Å². The molecular formula is C17H23F3N2O3S. The van der Waals surface area contributed by atoms with Crippen molar-refractivity contribution >= 4 is 21.4 Å². The van der Waals surface area contributed by atoms with E-state index < -0.39 is 15.5 Å². The van der Waals surface area contributed by atoms with Gasteiger partial charge in [0.15, 0.2) is 0 Å². The lowest BCUT2D eigenvalue weighted by Crippen LogP contribution is -2.30. The molecule has 146 valence electrons. The maximum absolute atomic E-state index is 12.7. The van der Waals surface area contributed by atoms with Crippen molar-refractivity contribution in [3.05, 3.63) is 29.3 Å². The van der Waals surface area contributed by atoms with E-state index in [1.54, 1.807) is 24.6 Å². The Bertz CT molecular complexity index is 755. The molecule has 26 heavy (non-hydrogen) atoms. The van der Waals surface area contributed by atoms with E-state index in [0.29, 0.717) is 23.8 Å². The van der Waals surface area contributed by atoms with Crippen LogP contribution in [-0.4, -0.2) is 26.2 Å². The molecule has 1 N–H and O–H groups in total. The van der Waals surface area contributed by atoms with Gasteiger partial charge in [0.2, 0.25) is 0 Å². The molecule has 9 heteroatoms. The fourth-order valence-electron chi connectivity index (χ4n) is 2.90. The van der Waals surface area contributed by atoms with Crippen LogP contribution in [0.2, 0.25) is 0 Å². The molecule has 0 amide bonds. The third-order valence-corrected chi connectivity index (χ3v) is 5.45. The molecule has 0 spiro atoms. The Morgan fingerprint density at radius 3 is 2.54 bits per heavy atom. The van der Waals surface area contributed by atoms with E-state index in [2.05, 4.69) is 5.16 Å². The molecule has 1 aromatic carbocycles. The van der Waals surface area contributed by atoms with E-state index in [1.165, 1.54) is 18.6 Å². The third-order valence-electron chi connectivity index (χ3n) is 4.35. The van der Waals surface area contributed by atoms with Crippen molar-refractivity contribution < 1.29 is 26.4 Å². The maximum Gasteiger partial charge on any atom is 0.516 e. The summed E-state index contributed by atoms with van der Waals surface area (Å²) in [6.45, 7) is 3.67. The van der Waals surface area contributed by atoms with Gasteiger partial charge in [0.05, 0.1) is 11.4 Å². The Kier molecular flexibility index (Phi) is 6.54. The number of benzene rings is 1. The van der Waals surface area contributed by atoms with E-state index in [-0.39, 0.29) is 11.3 Å². The number of rotatable bonds is 6. The van der Waals surface area contributed by atoms with Crippen LogP contribution in [0.15, 0.2) is 23.4 Å². The van der Waals surface area contributed by atoms with Gasteiger partial charge in [0.1, 0.15) is 6.61 Å². The number of oxime groups is 1. The molecule has 1 saturated carbocycles. The molecule has 1 fully saturated rings. The molecule has 1 aliphatic carbocycles. The fourth-order valence-corrected chi connectivity index (χ4v) is 3.48. The van der Waals surface area contributed by atoms with Crippen molar-refractivity contribution in [3.8, 4) is 0 Å². The maximum atomic E-state index is 12.7. The number of halogens is 3. The minimum atomic E-state index is -5.51.